The van der Waals surface area contributed by atoms with Crippen molar-refractivity contribution in [3.63, 3.8) is 0 Å². The molecule has 3 unspecified atom stereocenters. The predicted molar refractivity (Wildman–Crippen MR) is 48.8 cm³/mol. The summed E-state index contributed by atoms with van der Waals surface area (Å²) < 4.78 is 0. The minimum atomic E-state index is 0.365. The quantitative estimate of drug-likeness (QED) is 0.503. The number of carbonyl (C=O) groups is 1. The lowest BCUT2D eigenvalue weighted by molar-refractivity contribution is -0.128. The summed E-state index contributed by atoms with van der Waals surface area (Å²) in [6.45, 7) is 2.21. The molecule has 0 bridgehead atoms. The van der Waals surface area contributed by atoms with Gasteiger partial charge in [-0.05, 0) is 31.1 Å². The van der Waals surface area contributed by atoms with E-state index < -0.39 is 0 Å². The number of rotatable bonds is 0. The van der Waals surface area contributed by atoms with Gasteiger partial charge in [-0.1, -0.05) is 19.1 Å². The van der Waals surface area contributed by atoms with Gasteiger partial charge in [-0.3, -0.25) is 4.79 Å². The van der Waals surface area contributed by atoms with Crippen molar-refractivity contribution < 1.29 is 4.79 Å². The van der Waals surface area contributed by atoms with E-state index in [1.165, 1.54) is 6.42 Å². The van der Waals surface area contributed by atoms with E-state index in [0.717, 1.165) is 19.3 Å². The van der Waals surface area contributed by atoms with Crippen LogP contribution in [0.3, 0.4) is 0 Å². The number of ketones is 1. The van der Waals surface area contributed by atoms with Crippen molar-refractivity contribution in [1.82, 2.24) is 0 Å². The first-order chi connectivity index (χ1) is 5.79. The van der Waals surface area contributed by atoms with Crippen LogP contribution in [0.5, 0.6) is 0 Å². The lowest BCUT2D eigenvalue weighted by atomic mass is 9.68. The van der Waals surface area contributed by atoms with Gasteiger partial charge in [0.2, 0.25) is 0 Å². The molecule has 1 nitrogen and oxygen atoms in total. The zero-order chi connectivity index (χ0) is 8.55. The largest absolute Gasteiger partial charge is 0.299 e. The molecule has 1 fully saturated rings. The Hall–Kier alpha value is -0.590. The van der Waals surface area contributed by atoms with Crippen molar-refractivity contribution in [1.29, 1.82) is 0 Å². The Morgan fingerprint density at radius 3 is 3.08 bits per heavy atom. The Morgan fingerprint density at radius 2 is 2.33 bits per heavy atom. The second kappa shape index (κ2) is 3.04. The average molecular weight is 164 g/mol. The van der Waals surface area contributed by atoms with Crippen molar-refractivity contribution in [2.45, 2.75) is 32.6 Å². The van der Waals surface area contributed by atoms with Gasteiger partial charge in [-0.2, -0.15) is 0 Å². The highest BCUT2D eigenvalue weighted by atomic mass is 16.1. The molecule has 0 aromatic heterocycles. The molecule has 3 atom stereocenters. The monoisotopic (exact) mass is 164 g/mol. The topological polar surface area (TPSA) is 17.1 Å². The van der Waals surface area contributed by atoms with Crippen LogP contribution in [0.25, 0.3) is 0 Å². The van der Waals surface area contributed by atoms with E-state index in [1.54, 1.807) is 0 Å². The van der Waals surface area contributed by atoms with Crippen molar-refractivity contribution in [3.05, 3.63) is 12.2 Å². The molecule has 66 valence electrons. The summed E-state index contributed by atoms with van der Waals surface area (Å²) in [7, 11) is 0. The van der Waals surface area contributed by atoms with Crippen LogP contribution in [0.1, 0.15) is 32.6 Å². The van der Waals surface area contributed by atoms with Crippen molar-refractivity contribution in [2.75, 3.05) is 0 Å². The maximum atomic E-state index is 11.6. The van der Waals surface area contributed by atoms with Gasteiger partial charge in [0.05, 0.1) is 0 Å². The third-order valence-electron chi connectivity index (χ3n) is 3.30. The van der Waals surface area contributed by atoms with Gasteiger partial charge < -0.3 is 0 Å². The molecule has 0 heterocycles. The number of hydrogen-bond acceptors (Lipinski definition) is 1. The standard InChI is InChI=1S/C11H16O/c1-8-4-2-5-9-6-3-7-10(12)11(8)9/h2,5,8-9,11H,3-4,6-7H2,1H3. The second-order valence-electron chi connectivity index (χ2n) is 4.19. The molecule has 0 N–H and O–H groups in total. The fraction of sp³-hybridized carbons (Fsp3) is 0.727. The molecule has 0 aromatic carbocycles. The molecule has 2 aliphatic rings. The summed E-state index contributed by atoms with van der Waals surface area (Å²) in [5, 5.41) is 0. The van der Waals surface area contributed by atoms with Crippen LogP contribution in [-0.2, 0) is 4.79 Å². The summed E-state index contributed by atoms with van der Waals surface area (Å²) in [6.07, 6.45) is 8.80. The molecule has 0 aromatic rings. The summed E-state index contributed by atoms with van der Waals surface area (Å²) in [5.74, 6) is 2.05. The van der Waals surface area contributed by atoms with Gasteiger partial charge in [-0.15, -0.1) is 0 Å². The van der Waals surface area contributed by atoms with E-state index >= 15 is 0 Å². The van der Waals surface area contributed by atoms with Crippen LogP contribution >= 0.6 is 0 Å². The number of fused-ring (bicyclic) bond motifs is 1. The van der Waals surface area contributed by atoms with Crippen LogP contribution < -0.4 is 0 Å². The maximum Gasteiger partial charge on any atom is 0.136 e. The van der Waals surface area contributed by atoms with E-state index in [1.807, 2.05) is 0 Å². The smallest absolute Gasteiger partial charge is 0.136 e. The third-order valence-corrected chi connectivity index (χ3v) is 3.30. The lowest BCUT2D eigenvalue weighted by Gasteiger charge is -2.35. The van der Waals surface area contributed by atoms with Crippen LogP contribution in [0.2, 0.25) is 0 Å². The van der Waals surface area contributed by atoms with Gasteiger partial charge in [0.15, 0.2) is 0 Å². The third kappa shape index (κ3) is 1.21. The molecular formula is C11H16O. The van der Waals surface area contributed by atoms with Gasteiger partial charge >= 0.3 is 0 Å². The van der Waals surface area contributed by atoms with E-state index in [4.69, 9.17) is 0 Å². The van der Waals surface area contributed by atoms with Crippen LogP contribution in [0, 0.1) is 17.8 Å². The number of allylic oxidation sites excluding steroid dienone is 2. The first kappa shape index (κ1) is 8.03. The van der Waals surface area contributed by atoms with Gasteiger partial charge in [0.1, 0.15) is 5.78 Å². The molecule has 0 aliphatic heterocycles. The highest BCUT2D eigenvalue weighted by molar-refractivity contribution is 5.82. The van der Waals surface area contributed by atoms with Crippen molar-refractivity contribution in [2.24, 2.45) is 17.8 Å². The molecule has 0 saturated heterocycles. The Kier molecular flexibility index (Phi) is 2.03. The highest BCUT2D eigenvalue weighted by Gasteiger charge is 2.35. The van der Waals surface area contributed by atoms with Crippen LogP contribution in [0.15, 0.2) is 12.2 Å². The van der Waals surface area contributed by atoms with Crippen LogP contribution in [0.4, 0.5) is 0 Å². The highest BCUT2D eigenvalue weighted by Crippen LogP contribution is 2.38. The normalized spacial score (nSPS) is 41.1. The summed E-state index contributed by atoms with van der Waals surface area (Å²) in [5.41, 5.74) is 0. The summed E-state index contributed by atoms with van der Waals surface area (Å²) >= 11 is 0. The predicted octanol–water partition coefficient (Wildman–Crippen LogP) is 2.57. The number of hydrogen-bond donors (Lipinski definition) is 0. The molecule has 1 heteroatoms. The minimum absolute atomic E-state index is 0.365. The maximum absolute atomic E-state index is 11.6. The van der Waals surface area contributed by atoms with Crippen molar-refractivity contribution >= 4 is 5.78 Å². The zero-order valence-electron chi connectivity index (χ0n) is 7.62. The van der Waals surface area contributed by atoms with E-state index in [0.29, 0.717) is 23.5 Å². The van der Waals surface area contributed by atoms with Crippen LogP contribution in [-0.4, -0.2) is 5.78 Å². The molecule has 2 rings (SSSR count). The fourth-order valence-electron chi connectivity index (χ4n) is 2.67. The minimum Gasteiger partial charge on any atom is -0.299 e. The molecule has 12 heavy (non-hydrogen) atoms. The second-order valence-corrected chi connectivity index (χ2v) is 4.19. The molecule has 0 radical (unpaired) electrons. The van der Waals surface area contributed by atoms with E-state index in [9.17, 15) is 4.79 Å². The fourth-order valence-corrected chi connectivity index (χ4v) is 2.67. The summed E-state index contributed by atoms with van der Waals surface area (Å²) in [4.78, 5) is 11.6. The van der Waals surface area contributed by atoms with E-state index in [2.05, 4.69) is 19.1 Å². The first-order valence-electron chi connectivity index (χ1n) is 4.98. The van der Waals surface area contributed by atoms with Crippen molar-refractivity contribution in [3.8, 4) is 0 Å². The zero-order valence-corrected chi connectivity index (χ0v) is 7.62. The molecule has 0 amide bonds. The molecule has 1 saturated carbocycles. The Labute approximate surface area is 73.8 Å². The Bertz CT molecular complexity index is 217. The Morgan fingerprint density at radius 1 is 1.50 bits per heavy atom. The Balaban J connectivity index is 2.21. The molecule has 2 aliphatic carbocycles. The molecule has 0 spiro atoms. The van der Waals surface area contributed by atoms with Gasteiger partial charge in [-0.25, -0.2) is 0 Å². The van der Waals surface area contributed by atoms with Gasteiger partial charge in [0.25, 0.3) is 0 Å². The van der Waals surface area contributed by atoms with E-state index in [-0.39, 0.29) is 0 Å². The molecular weight excluding hydrogens is 148 g/mol. The SMILES string of the molecule is CC1CC=CC2CCCC(=O)C12. The van der Waals surface area contributed by atoms with Gasteiger partial charge in [0, 0.05) is 12.3 Å². The number of Topliss-reactive ketones (excluding diaryl/α,β-unsaturated/α-hetero) is 1. The number of carbonyl (C=O) groups excluding carboxylic acids is 1. The lowest BCUT2D eigenvalue weighted by Crippen LogP contribution is -2.34. The first-order valence-corrected chi connectivity index (χ1v) is 4.98. The average Bonchev–Trinajstić information content (AvgIpc) is 2.04. The summed E-state index contributed by atoms with van der Waals surface area (Å²) in [6, 6.07) is 0.